The van der Waals surface area contributed by atoms with Crippen molar-refractivity contribution in [2.75, 3.05) is 20.3 Å². The first-order valence-corrected chi connectivity index (χ1v) is 10.2. The summed E-state index contributed by atoms with van der Waals surface area (Å²) in [6.45, 7) is 6.05. The van der Waals surface area contributed by atoms with Crippen LogP contribution in [0.1, 0.15) is 62.2 Å². The Bertz CT molecular complexity index is 955. The molecule has 0 unspecified atom stereocenters. The van der Waals surface area contributed by atoms with Gasteiger partial charge >= 0.3 is 11.9 Å². The van der Waals surface area contributed by atoms with Crippen LogP contribution in [0.5, 0.6) is 5.75 Å². The first-order valence-electron chi connectivity index (χ1n) is 10.2. The maximum Gasteiger partial charge on any atom is 0.339 e. The zero-order valence-electron chi connectivity index (χ0n) is 18.2. The number of carbonyl (C=O) groups is 3. The normalized spacial score (nSPS) is 16.6. The number of aromatic amines is 1. The molecular weight excluding hydrogens is 402 g/mol. The molecule has 3 rings (SSSR count). The number of hydrogen-bond acceptors (Lipinski definition) is 7. The smallest absolute Gasteiger partial charge is 0.339 e. The third-order valence-corrected chi connectivity index (χ3v) is 5.28. The molecule has 166 valence electrons. The van der Waals surface area contributed by atoms with E-state index in [1.807, 2.05) is 0 Å². The van der Waals surface area contributed by atoms with Crippen LogP contribution in [-0.2, 0) is 14.2 Å². The fourth-order valence-electron chi connectivity index (χ4n) is 3.54. The summed E-state index contributed by atoms with van der Waals surface area (Å²) in [4.78, 5) is 40.1. The summed E-state index contributed by atoms with van der Waals surface area (Å²) in [5.41, 5.74) is 1.81. The van der Waals surface area contributed by atoms with Crippen LogP contribution in [0.15, 0.2) is 24.3 Å². The molecule has 1 aliphatic heterocycles. The second-order valence-electron chi connectivity index (χ2n) is 7.50. The number of aryl methyl sites for hydroxylation is 1. The van der Waals surface area contributed by atoms with E-state index in [-0.39, 0.29) is 11.8 Å². The molecule has 0 amide bonds. The van der Waals surface area contributed by atoms with E-state index < -0.39 is 23.8 Å². The van der Waals surface area contributed by atoms with Gasteiger partial charge in [-0.3, -0.25) is 4.79 Å². The Labute approximate surface area is 180 Å². The monoisotopic (exact) mass is 429 g/mol. The van der Waals surface area contributed by atoms with Crippen molar-refractivity contribution >= 4 is 17.7 Å². The fraction of sp³-hybridized carbons (Fsp3) is 0.435. The number of hydrogen-bond donors (Lipinski definition) is 1. The van der Waals surface area contributed by atoms with E-state index in [4.69, 9.17) is 18.9 Å². The van der Waals surface area contributed by atoms with Gasteiger partial charge in [-0.25, -0.2) is 9.59 Å². The van der Waals surface area contributed by atoms with Crippen LogP contribution in [0, 0.1) is 13.8 Å². The lowest BCUT2D eigenvalue weighted by molar-refractivity contribution is 0.0316. The van der Waals surface area contributed by atoms with Crippen molar-refractivity contribution in [1.82, 2.24) is 4.98 Å². The lowest BCUT2D eigenvalue weighted by Crippen LogP contribution is -2.25. The Hall–Kier alpha value is -3.13. The molecule has 0 spiro atoms. The molecule has 0 bridgehead atoms. The summed E-state index contributed by atoms with van der Waals surface area (Å²) in [5.74, 6) is -0.956. The third-order valence-electron chi connectivity index (χ3n) is 5.28. The summed E-state index contributed by atoms with van der Waals surface area (Å²) >= 11 is 0. The average molecular weight is 429 g/mol. The summed E-state index contributed by atoms with van der Waals surface area (Å²) in [7, 11) is 1.28. The molecule has 0 saturated carbocycles. The number of rotatable bonds is 8. The number of Topliss-reactive ketones (excluding diaryl/α,β-unsaturated/α-hetero) is 1. The number of H-pyrrole nitrogens is 1. The molecule has 2 aromatic rings. The summed E-state index contributed by atoms with van der Waals surface area (Å²) < 4.78 is 21.3. The van der Waals surface area contributed by atoms with Crippen LogP contribution in [0.2, 0.25) is 0 Å². The zero-order valence-corrected chi connectivity index (χ0v) is 18.2. The molecule has 2 atom stereocenters. The standard InChI is InChI=1S/C23H27NO7/c1-13-19(23(27)28-4)14(2)24-20(13)21(25)15(3)31-22(26)16-7-9-17(10-8-16)30-12-18-6-5-11-29-18/h7-10,15,18,24H,5-6,11-12H2,1-4H3/t15-,18+/m1/s1. The highest BCUT2D eigenvalue weighted by Gasteiger charge is 2.27. The van der Waals surface area contributed by atoms with Crippen molar-refractivity contribution in [3.63, 3.8) is 0 Å². The van der Waals surface area contributed by atoms with Gasteiger partial charge in [0.2, 0.25) is 5.78 Å². The maximum absolute atomic E-state index is 12.8. The van der Waals surface area contributed by atoms with Gasteiger partial charge in [0, 0.05) is 12.3 Å². The molecule has 1 N–H and O–H groups in total. The topological polar surface area (TPSA) is 104 Å². The predicted molar refractivity (Wildman–Crippen MR) is 112 cm³/mol. The van der Waals surface area contributed by atoms with Crippen LogP contribution in [0.25, 0.3) is 0 Å². The van der Waals surface area contributed by atoms with Crippen LogP contribution in [0.3, 0.4) is 0 Å². The zero-order chi connectivity index (χ0) is 22.5. The van der Waals surface area contributed by atoms with E-state index in [1.54, 1.807) is 38.1 Å². The molecular formula is C23H27NO7. The first-order chi connectivity index (χ1) is 14.8. The number of benzene rings is 1. The molecule has 8 nitrogen and oxygen atoms in total. The minimum absolute atomic E-state index is 0.108. The second-order valence-corrected chi connectivity index (χ2v) is 7.50. The molecule has 1 aliphatic rings. The quantitative estimate of drug-likeness (QED) is 0.507. The minimum Gasteiger partial charge on any atom is -0.491 e. The molecule has 0 aliphatic carbocycles. The predicted octanol–water partition coefficient (Wildman–Crippen LogP) is 3.40. The van der Waals surface area contributed by atoms with Gasteiger partial charge in [-0.15, -0.1) is 0 Å². The van der Waals surface area contributed by atoms with Crippen LogP contribution >= 0.6 is 0 Å². The van der Waals surface area contributed by atoms with Crippen molar-refractivity contribution < 1.29 is 33.3 Å². The van der Waals surface area contributed by atoms with Crippen molar-refractivity contribution in [3.05, 3.63) is 52.3 Å². The number of methoxy groups -OCH3 is 1. The van der Waals surface area contributed by atoms with Gasteiger partial charge in [0.15, 0.2) is 6.10 Å². The van der Waals surface area contributed by atoms with Gasteiger partial charge in [-0.1, -0.05) is 0 Å². The summed E-state index contributed by atoms with van der Waals surface area (Å²) in [6, 6.07) is 6.53. The summed E-state index contributed by atoms with van der Waals surface area (Å²) in [5, 5.41) is 0. The number of ketones is 1. The number of esters is 2. The van der Waals surface area contributed by atoms with Gasteiger partial charge in [0.05, 0.1) is 30.0 Å². The van der Waals surface area contributed by atoms with Crippen molar-refractivity contribution in [2.24, 2.45) is 0 Å². The largest absolute Gasteiger partial charge is 0.491 e. The van der Waals surface area contributed by atoms with Crippen LogP contribution in [-0.4, -0.2) is 55.2 Å². The van der Waals surface area contributed by atoms with E-state index in [0.717, 1.165) is 19.4 Å². The fourth-order valence-corrected chi connectivity index (χ4v) is 3.54. The first kappa shape index (κ1) is 22.6. The van der Waals surface area contributed by atoms with Gasteiger partial charge < -0.3 is 23.9 Å². The molecule has 0 radical (unpaired) electrons. The molecule has 1 fully saturated rings. The van der Waals surface area contributed by atoms with Gasteiger partial charge in [-0.2, -0.15) is 0 Å². The molecule has 31 heavy (non-hydrogen) atoms. The van der Waals surface area contributed by atoms with E-state index in [0.29, 0.717) is 34.7 Å². The van der Waals surface area contributed by atoms with Gasteiger partial charge in [0.1, 0.15) is 12.4 Å². The van der Waals surface area contributed by atoms with Crippen molar-refractivity contribution in [1.29, 1.82) is 0 Å². The Kier molecular flexibility index (Phi) is 7.12. The number of nitrogens with one attached hydrogen (secondary N) is 1. The van der Waals surface area contributed by atoms with Gasteiger partial charge in [-0.05, 0) is 63.4 Å². The van der Waals surface area contributed by atoms with E-state index >= 15 is 0 Å². The minimum atomic E-state index is -1.04. The Morgan fingerprint density at radius 3 is 2.48 bits per heavy atom. The lowest BCUT2D eigenvalue weighted by atomic mass is 10.1. The van der Waals surface area contributed by atoms with Crippen molar-refractivity contribution in [3.8, 4) is 5.75 Å². The van der Waals surface area contributed by atoms with Crippen LogP contribution in [0.4, 0.5) is 0 Å². The van der Waals surface area contributed by atoms with E-state index in [1.165, 1.54) is 14.0 Å². The Morgan fingerprint density at radius 2 is 1.87 bits per heavy atom. The highest BCUT2D eigenvalue weighted by molar-refractivity contribution is 6.04. The Morgan fingerprint density at radius 1 is 1.16 bits per heavy atom. The molecule has 2 heterocycles. The molecule has 8 heteroatoms. The van der Waals surface area contributed by atoms with Gasteiger partial charge in [0.25, 0.3) is 0 Å². The molecule has 1 saturated heterocycles. The maximum atomic E-state index is 12.8. The Balaban J connectivity index is 1.61. The second kappa shape index (κ2) is 9.78. The number of ether oxygens (including phenoxy) is 4. The third kappa shape index (κ3) is 5.14. The van der Waals surface area contributed by atoms with Crippen molar-refractivity contribution in [2.45, 2.75) is 45.8 Å². The highest BCUT2D eigenvalue weighted by Crippen LogP contribution is 2.22. The summed E-state index contributed by atoms with van der Waals surface area (Å²) in [6.07, 6.45) is 1.10. The average Bonchev–Trinajstić information content (AvgIpc) is 3.39. The van der Waals surface area contributed by atoms with Crippen LogP contribution < -0.4 is 4.74 Å². The lowest BCUT2D eigenvalue weighted by Gasteiger charge is -2.13. The number of aromatic nitrogens is 1. The molecule has 1 aromatic heterocycles. The highest BCUT2D eigenvalue weighted by atomic mass is 16.5. The SMILES string of the molecule is COC(=O)c1c(C)[nH]c(C(=O)[C@@H](C)OC(=O)c2ccc(OC[C@@H]3CCCO3)cc2)c1C. The van der Waals surface area contributed by atoms with E-state index in [2.05, 4.69) is 4.98 Å². The molecule has 1 aromatic carbocycles. The number of carbonyl (C=O) groups excluding carboxylic acids is 3. The van der Waals surface area contributed by atoms with E-state index in [9.17, 15) is 14.4 Å².